The van der Waals surface area contributed by atoms with Gasteiger partial charge in [0.2, 0.25) is 11.1 Å². The van der Waals surface area contributed by atoms with Crippen molar-refractivity contribution in [1.29, 1.82) is 0 Å². The predicted octanol–water partition coefficient (Wildman–Crippen LogP) is 1.81. The number of thioether (sulfide) groups is 1. The summed E-state index contributed by atoms with van der Waals surface area (Å²) in [6, 6.07) is 0.402. The molecule has 3 rings (SSSR count). The van der Waals surface area contributed by atoms with Crippen molar-refractivity contribution < 1.29 is 9.53 Å². The molecule has 128 valence electrons. The summed E-state index contributed by atoms with van der Waals surface area (Å²) in [5.41, 5.74) is 0. The van der Waals surface area contributed by atoms with Crippen LogP contribution in [-0.4, -0.2) is 51.6 Å². The first-order valence-electron chi connectivity index (χ1n) is 8.58. The van der Waals surface area contributed by atoms with E-state index in [0.717, 1.165) is 43.6 Å². The predicted molar refractivity (Wildman–Crippen MR) is 87.2 cm³/mol. The van der Waals surface area contributed by atoms with E-state index in [4.69, 9.17) is 4.74 Å². The number of aromatic nitrogens is 4. The zero-order valence-corrected chi connectivity index (χ0v) is 14.3. The average molecular weight is 339 g/mol. The Bertz CT molecular complexity index is 500. The monoisotopic (exact) mass is 339 g/mol. The first-order chi connectivity index (χ1) is 11.3. The normalized spacial score (nSPS) is 18.4. The lowest BCUT2D eigenvalue weighted by atomic mass is 10.3. The summed E-state index contributed by atoms with van der Waals surface area (Å²) in [5.74, 6) is 1.18. The maximum atomic E-state index is 11.9. The van der Waals surface area contributed by atoms with Gasteiger partial charge in [-0.2, -0.15) is 0 Å². The van der Waals surface area contributed by atoms with E-state index in [1.165, 1.54) is 37.4 Å². The highest BCUT2D eigenvalue weighted by molar-refractivity contribution is 7.99. The van der Waals surface area contributed by atoms with E-state index in [-0.39, 0.29) is 5.91 Å². The summed E-state index contributed by atoms with van der Waals surface area (Å²) >= 11 is 1.41. The molecule has 8 heteroatoms. The number of tetrazole rings is 1. The van der Waals surface area contributed by atoms with Gasteiger partial charge in [0.1, 0.15) is 0 Å². The van der Waals surface area contributed by atoms with Gasteiger partial charge in [0.25, 0.3) is 0 Å². The minimum absolute atomic E-state index is 0.0261. The fourth-order valence-electron chi connectivity index (χ4n) is 2.78. The second-order valence-corrected chi connectivity index (χ2v) is 7.30. The lowest BCUT2D eigenvalue weighted by Crippen LogP contribution is -2.27. The van der Waals surface area contributed by atoms with Gasteiger partial charge < -0.3 is 10.1 Å². The van der Waals surface area contributed by atoms with Crippen molar-refractivity contribution in [2.45, 2.75) is 56.1 Å². The van der Waals surface area contributed by atoms with Gasteiger partial charge in [0.15, 0.2) is 0 Å². The molecule has 2 aliphatic rings. The van der Waals surface area contributed by atoms with Crippen molar-refractivity contribution in [3.8, 4) is 0 Å². The molecule has 1 heterocycles. The first-order valence-corrected chi connectivity index (χ1v) is 9.56. The van der Waals surface area contributed by atoms with Crippen LogP contribution in [0.1, 0.15) is 51.0 Å². The molecule has 2 saturated carbocycles. The van der Waals surface area contributed by atoms with Crippen LogP contribution in [0.15, 0.2) is 5.16 Å². The summed E-state index contributed by atoms with van der Waals surface area (Å²) in [7, 11) is 0. The Kier molecular flexibility index (Phi) is 6.27. The molecule has 7 nitrogen and oxygen atoms in total. The molecule has 2 fully saturated rings. The number of ether oxygens (including phenoxy) is 1. The smallest absolute Gasteiger partial charge is 0.230 e. The van der Waals surface area contributed by atoms with Gasteiger partial charge >= 0.3 is 0 Å². The Labute approximate surface area is 140 Å². The number of carbonyl (C=O) groups excluding carboxylic acids is 1. The van der Waals surface area contributed by atoms with Crippen LogP contribution < -0.4 is 5.32 Å². The summed E-state index contributed by atoms with van der Waals surface area (Å²) in [5, 5.41) is 15.5. The SMILES string of the molecule is O=C(CSc1nnnn1C1CCCC1)NCCCOCC1CC1. The van der Waals surface area contributed by atoms with Crippen LogP contribution in [0.4, 0.5) is 0 Å². The molecular weight excluding hydrogens is 314 g/mol. The van der Waals surface area contributed by atoms with Crippen LogP contribution in [0.2, 0.25) is 0 Å². The topological polar surface area (TPSA) is 81.9 Å². The van der Waals surface area contributed by atoms with Crippen molar-refractivity contribution in [2.24, 2.45) is 5.92 Å². The molecule has 1 amide bonds. The van der Waals surface area contributed by atoms with Gasteiger partial charge in [-0.05, 0) is 48.4 Å². The standard InChI is InChI=1S/C15H25N5O2S/c21-14(16-8-3-9-22-10-12-6-7-12)11-23-15-17-18-19-20(15)13-4-1-2-5-13/h12-13H,1-11H2,(H,16,21). The molecular formula is C15H25N5O2S. The van der Waals surface area contributed by atoms with E-state index in [9.17, 15) is 4.79 Å². The van der Waals surface area contributed by atoms with Crippen molar-refractivity contribution in [2.75, 3.05) is 25.5 Å². The molecule has 0 radical (unpaired) electrons. The highest BCUT2D eigenvalue weighted by atomic mass is 32.2. The van der Waals surface area contributed by atoms with Gasteiger partial charge in [-0.3, -0.25) is 4.79 Å². The number of hydrogen-bond donors (Lipinski definition) is 1. The number of nitrogens with one attached hydrogen (secondary N) is 1. The van der Waals surface area contributed by atoms with Crippen molar-refractivity contribution in [3.05, 3.63) is 0 Å². The van der Waals surface area contributed by atoms with Crippen molar-refractivity contribution >= 4 is 17.7 Å². The maximum Gasteiger partial charge on any atom is 0.230 e. The summed E-state index contributed by atoms with van der Waals surface area (Å²) in [4.78, 5) is 11.9. The minimum Gasteiger partial charge on any atom is -0.381 e. The zero-order valence-electron chi connectivity index (χ0n) is 13.4. The molecule has 1 N–H and O–H groups in total. The second-order valence-electron chi connectivity index (χ2n) is 6.35. The fourth-order valence-corrected chi connectivity index (χ4v) is 3.55. The van der Waals surface area contributed by atoms with Crippen LogP contribution in [0.25, 0.3) is 0 Å². The van der Waals surface area contributed by atoms with Gasteiger partial charge in [-0.15, -0.1) is 5.10 Å². The van der Waals surface area contributed by atoms with Crippen molar-refractivity contribution in [1.82, 2.24) is 25.5 Å². The van der Waals surface area contributed by atoms with Crippen LogP contribution in [0.3, 0.4) is 0 Å². The fraction of sp³-hybridized carbons (Fsp3) is 0.867. The Morgan fingerprint density at radius 1 is 1.30 bits per heavy atom. The molecule has 23 heavy (non-hydrogen) atoms. The molecule has 0 bridgehead atoms. The highest BCUT2D eigenvalue weighted by Crippen LogP contribution is 2.31. The molecule has 1 aromatic heterocycles. The van der Waals surface area contributed by atoms with Crippen LogP contribution in [0.5, 0.6) is 0 Å². The number of carbonyl (C=O) groups is 1. The largest absolute Gasteiger partial charge is 0.381 e. The van der Waals surface area contributed by atoms with Crippen molar-refractivity contribution in [3.63, 3.8) is 0 Å². The van der Waals surface area contributed by atoms with E-state index >= 15 is 0 Å². The van der Waals surface area contributed by atoms with E-state index in [1.54, 1.807) is 0 Å². The molecule has 0 aliphatic heterocycles. The Balaban J connectivity index is 1.28. The van der Waals surface area contributed by atoms with Gasteiger partial charge in [-0.1, -0.05) is 24.6 Å². The first kappa shape index (κ1) is 16.7. The quantitative estimate of drug-likeness (QED) is 0.517. The highest BCUT2D eigenvalue weighted by Gasteiger charge is 2.22. The van der Waals surface area contributed by atoms with Gasteiger partial charge in [0.05, 0.1) is 11.8 Å². The molecule has 0 saturated heterocycles. The minimum atomic E-state index is 0.0261. The number of amides is 1. The van der Waals surface area contributed by atoms with E-state index in [1.807, 2.05) is 4.68 Å². The van der Waals surface area contributed by atoms with Crippen LogP contribution in [-0.2, 0) is 9.53 Å². The average Bonchev–Trinajstić information content (AvgIpc) is 3.03. The third-order valence-corrected chi connectivity index (χ3v) is 5.24. The molecule has 0 aromatic carbocycles. The third kappa shape index (κ3) is 5.46. The number of nitrogens with zero attached hydrogens (tertiary/aromatic N) is 4. The number of rotatable bonds is 10. The second kappa shape index (κ2) is 8.63. The van der Waals surface area contributed by atoms with E-state index in [0.29, 0.717) is 18.3 Å². The summed E-state index contributed by atoms with van der Waals surface area (Å²) < 4.78 is 7.43. The Morgan fingerprint density at radius 3 is 2.91 bits per heavy atom. The van der Waals surface area contributed by atoms with Crippen LogP contribution >= 0.6 is 11.8 Å². The Hall–Kier alpha value is -1.15. The number of hydrogen-bond acceptors (Lipinski definition) is 6. The summed E-state index contributed by atoms with van der Waals surface area (Å²) in [6.07, 6.45) is 8.22. The molecule has 1 aromatic rings. The zero-order chi connectivity index (χ0) is 15.9. The van der Waals surface area contributed by atoms with Gasteiger partial charge in [0, 0.05) is 19.8 Å². The van der Waals surface area contributed by atoms with Gasteiger partial charge in [-0.25, -0.2) is 4.68 Å². The third-order valence-electron chi connectivity index (χ3n) is 4.30. The van der Waals surface area contributed by atoms with Crippen LogP contribution in [0, 0.1) is 5.92 Å². The van der Waals surface area contributed by atoms with E-state index < -0.39 is 0 Å². The lowest BCUT2D eigenvalue weighted by molar-refractivity contribution is -0.118. The maximum absolute atomic E-state index is 11.9. The van der Waals surface area contributed by atoms with E-state index in [2.05, 4.69) is 20.8 Å². The molecule has 0 atom stereocenters. The molecule has 0 spiro atoms. The Morgan fingerprint density at radius 2 is 2.13 bits per heavy atom. The lowest BCUT2D eigenvalue weighted by Gasteiger charge is -2.10. The molecule has 2 aliphatic carbocycles. The summed E-state index contributed by atoms with van der Waals surface area (Å²) in [6.45, 7) is 2.27. The molecule has 0 unspecified atom stereocenters.